The maximum Gasteiger partial charge on any atom is 0.307 e. The van der Waals surface area contributed by atoms with Crippen LogP contribution in [0.1, 0.15) is 33.5 Å². The number of aromatic nitrogens is 2. The number of nitrogens with zero attached hydrogens (tertiary/aromatic N) is 2. The third kappa shape index (κ3) is 3.56. The first kappa shape index (κ1) is 17.2. The number of esters is 1. The molecule has 0 bridgehead atoms. The highest BCUT2D eigenvalue weighted by atomic mass is 32.1. The molecule has 0 saturated heterocycles. The maximum absolute atomic E-state index is 12.7. The summed E-state index contributed by atoms with van der Waals surface area (Å²) in [5.74, 6) is 0.275. The summed E-state index contributed by atoms with van der Waals surface area (Å²) in [6, 6.07) is 8.78. The fraction of sp³-hybridized carbons (Fsp3) is 0.278. The summed E-state index contributed by atoms with van der Waals surface area (Å²) in [6.45, 7) is 1.92. The van der Waals surface area contributed by atoms with Crippen molar-refractivity contribution >= 4 is 34.2 Å². The second-order valence-electron chi connectivity index (χ2n) is 5.74. The van der Waals surface area contributed by atoms with Crippen LogP contribution in [0.25, 0.3) is 11.0 Å². The Morgan fingerprint density at radius 1 is 1.36 bits per heavy atom. The molecule has 2 aromatic heterocycles. The number of nitrogens with one attached hydrogen (secondary N) is 1. The van der Waals surface area contributed by atoms with Gasteiger partial charge in [-0.3, -0.25) is 9.59 Å². The topological polar surface area (TPSA) is 73.2 Å². The zero-order valence-electron chi connectivity index (χ0n) is 14.3. The van der Waals surface area contributed by atoms with Crippen LogP contribution >= 0.6 is 11.3 Å². The number of aryl methyl sites for hydroxylation is 2. The number of thiophene rings is 1. The van der Waals surface area contributed by atoms with E-state index in [0.29, 0.717) is 5.56 Å². The molecular formula is C18H19N3O3S. The Balaban J connectivity index is 1.84. The fourth-order valence-electron chi connectivity index (χ4n) is 2.67. The Labute approximate surface area is 149 Å². The number of fused-ring (bicyclic) bond motifs is 1. The Kier molecular flexibility index (Phi) is 4.85. The quantitative estimate of drug-likeness (QED) is 0.713. The smallest absolute Gasteiger partial charge is 0.307 e. The predicted molar refractivity (Wildman–Crippen MR) is 96.6 cm³/mol. The molecule has 0 radical (unpaired) electrons. The molecule has 1 aromatic carbocycles. The predicted octanol–water partition coefficient (Wildman–Crippen LogP) is 2.98. The number of imidazole rings is 1. The SMILES string of the molecule is COC(=O)CC(NC(=O)c1ccc2c(c1)nc(C)n2C)c1cccs1. The lowest BCUT2D eigenvalue weighted by Crippen LogP contribution is -2.30. The van der Waals surface area contributed by atoms with Gasteiger partial charge < -0.3 is 14.6 Å². The molecule has 6 nitrogen and oxygen atoms in total. The van der Waals surface area contributed by atoms with Crippen LogP contribution in [0.5, 0.6) is 0 Å². The van der Waals surface area contributed by atoms with Crippen LogP contribution in [0.4, 0.5) is 0 Å². The van der Waals surface area contributed by atoms with Crippen LogP contribution < -0.4 is 5.32 Å². The van der Waals surface area contributed by atoms with Gasteiger partial charge in [0.15, 0.2) is 0 Å². The van der Waals surface area contributed by atoms with Crippen molar-refractivity contribution < 1.29 is 14.3 Å². The number of carbonyl (C=O) groups is 2. The Morgan fingerprint density at radius 3 is 2.84 bits per heavy atom. The van der Waals surface area contributed by atoms with Crippen LogP contribution in [0.2, 0.25) is 0 Å². The van der Waals surface area contributed by atoms with Gasteiger partial charge in [-0.1, -0.05) is 6.07 Å². The Morgan fingerprint density at radius 2 is 2.16 bits per heavy atom. The van der Waals surface area contributed by atoms with Crippen LogP contribution in [-0.2, 0) is 16.6 Å². The average Bonchev–Trinajstić information content (AvgIpc) is 3.23. The van der Waals surface area contributed by atoms with Crippen LogP contribution in [0.3, 0.4) is 0 Å². The number of hydrogen-bond donors (Lipinski definition) is 1. The summed E-state index contributed by atoms with van der Waals surface area (Å²) < 4.78 is 6.72. The summed E-state index contributed by atoms with van der Waals surface area (Å²) in [4.78, 5) is 29.7. The second kappa shape index (κ2) is 7.06. The fourth-order valence-corrected chi connectivity index (χ4v) is 3.44. The molecule has 0 fully saturated rings. The van der Waals surface area contributed by atoms with Crippen molar-refractivity contribution in [2.24, 2.45) is 7.05 Å². The van der Waals surface area contributed by atoms with Crippen LogP contribution in [0, 0.1) is 6.92 Å². The molecule has 25 heavy (non-hydrogen) atoms. The normalized spacial score (nSPS) is 12.1. The lowest BCUT2D eigenvalue weighted by molar-refractivity contribution is -0.141. The molecule has 1 amide bonds. The molecule has 130 valence electrons. The highest BCUT2D eigenvalue weighted by molar-refractivity contribution is 7.10. The molecule has 2 heterocycles. The van der Waals surface area contributed by atoms with Gasteiger partial charge in [-0.05, 0) is 36.6 Å². The van der Waals surface area contributed by atoms with Gasteiger partial charge in [0.1, 0.15) is 5.82 Å². The highest BCUT2D eigenvalue weighted by Gasteiger charge is 2.21. The van der Waals surface area contributed by atoms with Crippen molar-refractivity contribution in [3.05, 3.63) is 52.0 Å². The van der Waals surface area contributed by atoms with Crippen molar-refractivity contribution in [3.63, 3.8) is 0 Å². The summed E-state index contributed by atoms with van der Waals surface area (Å²) in [6.07, 6.45) is 0.0910. The van der Waals surface area contributed by atoms with E-state index >= 15 is 0 Å². The second-order valence-corrected chi connectivity index (χ2v) is 6.72. The molecule has 0 aliphatic carbocycles. The van der Waals surface area contributed by atoms with Gasteiger partial charge >= 0.3 is 5.97 Å². The summed E-state index contributed by atoms with van der Waals surface area (Å²) in [5, 5.41) is 4.83. The van der Waals surface area contributed by atoms with Gasteiger partial charge in [0.25, 0.3) is 5.91 Å². The lowest BCUT2D eigenvalue weighted by Gasteiger charge is -2.16. The number of amides is 1. The van der Waals surface area contributed by atoms with Gasteiger partial charge in [0, 0.05) is 17.5 Å². The largest absolute Gasteiger partial charge is 0.469 e. The minimum absolute atomic E-state index is 0.0910. The molecule has 1 atom stereocenters. The van der Waals surface area contributed by atoms with Gasteiger partial charge in [0.05, 0.1) is 30.6 Å². The standard InChI is InChI=1S/C18H19N3O3S/c1-11-19-13-9-12(6-7-15(13)21(11)2)18(23)20-14(10-17(22)24-3)16-5-4-8-25-16/h4-9,14H,10H2,1-3H3,(H,20,23). The first-order chi connectivity index (χ1) is 12.0. The Bertz CT molecular complexity index is 915. The van der Waals surface area contributed by atoms with Gasteiger partial charge in [-0.25, -0.2) is 4.98 Å². The first-order valence-corrected chi connectivity index (χ1v) is 8.71. The molecule has 3 rings (SSSR count). The van der Waals surface area contributed by atoms with Crippen LogP contribution in [-0.4, -0.2) is 28.5 Å². The van der Waals surface area contributed by atoms with E-state index in [9.17, 15) is 9.59 Å². The summed E-state index contributed by atoms with van der Waals surface area (Å²) in [7, 11) is 3.28. The molecule has 0 spiro atoms. The first-order valence-electron chi connectivity index (χ1n) is 7.83. The summed E-state index contributed by atoms with van der Waals surface area (Å²) >= 11 is 1.49. The van der Waals surface area contributed by atoms with E-state index in [-0.39, 0.29) is 18.3 Å². The average molecular weight is 357 g/mol. The van der Waals surface area contributed by atoms with Gasteiger partial charge in [-0.15, -0.1) is 11.3 Å². The van der Waals surface area contributed by atoms with Gasteiger partial charge in [-0.2, -0.15) is 0 Å². The monoisotopic (exact) mass is 357 g/mol. The molecule has 0 aliphatic heterocycles. The molecule has 0 saturated carbocycles. The molecule has 0 aliphatic rings. The van der Waals surface area contributed by atoms with E-state index in [2.05, 4.69) is 10.3 Å². The molecule has 1 unspecified atom stereocenters. The van der Waals surface area contributed by atoms with E-state index < -0.39 is 6.04 Å². The number of hydrogen-bond acceptors (Lipinski definition) is 5. The Hall–Kier alpha value is -2.67. The van der Waals surface area contributed by atoms with Crippen molar-refractivity contribution in [1.82, 2.24) is 14.9 Å². The number of carbonyl (C=O) groups excluding carboxylic acids is 2. The molecular weight excluding hydrogens is 338 g/mol. The van der Waals surface area contributed by atoms with E-state index in [0.717, 1.165) is 21.7 Å². The van der Waals surface area contributed by atoms with Crippen LogP contribution in [0.15, 0.2) is 35.7 Å². The zero-order chi connectivity index (χ0) is 18.0. The molecule has 1 N–H and O–H groups in total. The zero-order valence-corrected chi connectivity index (χ0v) is 15.1. The number of ether oxygens (including phenoxy) is 1. The minimum Gasteiger partial charge on any atom is -0.469 e. The number of rotatable bonds is 5. The third-order valence-electron chi connectivity index (χ3n) is 4.16. The highest BCUT2D eigenvalue weighted by Crippen LogP contribution is 2.23. The van der Waals surface area contributed by atoms with E-state index in [1.54, 1.807) is 12.1 Å². The third-order valence-corrected chi connectivity index (χ3v) is 5.14. The van der Waals surface area contributed by atoms with Gasteiger partial charge in [0.2, 0.25) is 0 Å². The molecule has 3 aromatic rings. The summed E-state index contributed by atoms with van der Waals surface area (Å²) in [5.41, 5.74) is 2.25. The lowest BCUT2D eigenvalue weighted by atomic mass is 10.1. The molecule has 7 heteroatoms. The van der Waals surface area contributed by atoms with Crippen molar-refractivity contribution in [2.45, 2.75) is 19.4 Å². The van der Waals surface area contributed by atoms with E-state index in [4.69, 9.17) is 4.74 Å². The number of benzene rings is 1. The van der Waals surface area contributed by atoms with Crippen molar-refractivity contribution in [1.29, 1.82) is 0 Å². The van der Waals surface area contributed by atoms with Crippen molar-refractivity contribution in [2.75, 3.05) is 7.11 Å². The van der Waals surface area contributed by atoms with Crippen molar-refractivity contribution in [3.8, 4) is 0 Å². The van der Waals surface area contributed by atoms with E-state index in [1.807, 2.05) is 42.1 Å². The number of methoxy groups -OCH3 is 1. The maximum atomic E-state index is 12.7. The van der Waals surface area contributed by atoms with E-state index in [1.165, 1.54) is 18.4 Å². The minimum atomic E-state index is -0.416.